The Morgan fingerprint density at radius 2 is 2.15 bits per heavy atom. The second kappa shape index (κ2) is 7.04. The third-order valence-corrected chi connectivity index (χ3v) is 3.70. The molecule has 1 saturated heterocycles. The molecular weight excluding hydrogens is 259 g/mol. The summed E-state index contributed by atoms with van der Waals surface area (Å²) in [5.74, 6) is 0.0186. The molecule has 0 N–H and O–H groups in total. The Balaban J connectivity index is 1.94. The van der Waals surface area contributed by atoms with Crippen LogP contribution in [0.5, 0.6) is 5.75 Å². The molecule has 0 radical (unpaired) electrons. The summed E-state index contributed by atoms with van der Waals surface area (Å²) in [6.07, 6.45) is 2.45. The molecule has 2 atom stereocenters. The van der Waals surface area contributed by atoms with Crippen molar-refractivity contribution in [3.63, 3.8) is 0 Å². The Kier molecular flexibility index (Phi) is 5.38. The number of ether oxygens (including phenoxy) is 3. The fourth-order valence-corrected chi connectivity index (χ4v) is 2.32. The van der Waals surface area contributed by atoms with E-state index in [9.17, 15) is 4.39 Å². The highest BCUT2D eigenvalue weighted by Crippen LogP contribution is 2.25. The van der Waals surface area contributed by atoms with Crippen molar-refractivity contribution < 1.29 is 18.6 Å². The van der Waals surface area contributed by atoms with Crippen LogP contribution in [0.1, 0.15) is 37.8 Å². The van der Waals surface area contributed by atoms with Crippen molar-refractivity contribution in [1.29, 1.82) is 0 Å². The highest BCUT2D eigenvalue weighted by molar-refractivity contribution is 5.36. The lowest BCUT2D eigenvalue weighted by atomic mass is 10.1. The van der Waals surface area contributed by atoms with Crippen molar-refractivity contribution in [2.45, 2.75) is 52.4 Å². The molecule has 1 aliphatic heterocycles. The predicted molar refractivity (Wildman–Crippen MR) is 75.5 cm³/mol. The normalized spacial score (nSPS) is 22.8. The Bertz CT molecular complexity index is 440. The van der Waals surface area contributed by atoms with Gasteiger partial charge in [-0.25, -0.2) is 4.39 Å². The van der Waals surface area contributed by atoms with Gasteiger partial charge in [-0.15, -0.1) is 0 Å². The zero-order chi connectivity index (χ0) is 14.5. The first-order valence-electron chi connectivity index (χ1n) is 7.25. The standard InChI is InChI=1S/C16H23FO3/c1-4-18-15-8-6-13(12(3)16(15)17)9-20-14-7-5-11(2)19-10-14/h6,8,11,14H,4-5,7,9-10H2,1-3H3. The number of benzene rings is 1. The topological polar surface area (TPSA) is 27.7 Å². The summed E-state index contributed by atoms with van der Waals surface area (Å²) in [5, 5.41) is 0. The molecule has 2 unspecified atom stereocenters. The molecule has 20 heavy (non-hydrogen) atoms. The van der Waals surface area contributed by atoms with E-state index in [-0.39, 0.29) is 11.9 Å². The first kappa shape index (κ1) is 15.3. The van der Waals surface area contributed by atoms with Crippen molar-refractivity contribution in [3.05, 3.63) is 29.1 Å². The van der Waals surface area contributed by atoms with E-state index >= 15 is 0 Å². The zero-order valence-corrected chi connectivity index (χ0v) is 12.4. The van der Waals surface area contributed by atoms with E-state index in [0.29, 0.717) is 37.2 Å². The lowest BCUT2D eigenvalue weighted by Crippen LogP contribution is -2.29. The zero-order valence-electron chi connectivity index (χ0n) is 12.4. The maximum Gasteiger partial charge on any atom is 0.168 e. The fourth-order valence-electron chi connectivity index (χ4n) is 2.32. The molecule has 112 valence electrons. The van der Waals surface area contributed by atoms with Crippen molar-refractivity contribution in [3.8, 4) is 5.75 Å². The number of rotatable bonds is 5. The highest BCUT2D eigenvalue weighted by atomic mass is 19.1. The fraction of sp³-hybridized carbons (Fsp3) is 0.625. The summed E-state index contributed by atoms with van der Waals surface area (Å²) in [5.41, 5.74) is 1.46. The van der Waals surface area contributed by atoms with Gasteiger partial charge in [-0.3, -0.25) is 0 Å². The Hall–Kier alpha value is -1.13. The molecule has 1 aromatic carbocycles. The molecule has 1 aliphatic rings. The molecule has 0 saturated carbocycles. The minimum absolute atomic E-state index is 0.111. The summed E-state index contributed by atoms with van der Waals surface area (Å²) < 4.78 is 30.7. The summed E-state index contributed by atoms with van der Waals surface area (Å²) in [7, 11) is 0. The van der Waals surface area contributed by atoms with E-state index in [0.717, 1.165) is 18.4 Å². The van der Waals surface area contributed by atoms with E-state index in [1.807, 2.05) is 13.0 Å². The van der Waals surface area contributed by atoms with Gasteiger partial charge in [0.05, 0.1) is 32.0 Å². The molecule has 4 heteroatoms. The molecule has 1 aromatic rings. The second-order valence-corrected chi connectivity index (χ2v) is 5.25. The number of hydrogen-bond acceptors (Lipinski definition) is 3. The predicted octanol–water partition coefficient (Wildman–Crippen LogP) is 3.62. The van der Waals surface area contributed by atoms with Gasteiger partial charge in [-0.05, 0) is 50.8 Å². The van der Waals surface area contributed by atoms with Gasteiger partial charge < -0.3 is 14.2 Å². The van der Waals surface area contributed by atoms with Crippen molar-refractivity contribution in [1.82, 2.24) is 0 Å². The van der Waals surface area contributed by atoms with Crippen LogP contribution < -0.4 is 4.74 Å². The smallest absolute Gasteiger partial charge is 0.168 e. The van der Waals surface area contributed by atoms with Crippen LogP contribution in [-0.2, 0) is 16.1 Å². The molecule has 0 amide bonds. The van der Waals surface area contributed by atoms with Gasteiger partial charge in [-0.2, -0.15) is 0 Å². The third kappa shape index (κ3) is 3.70. The Labute approximate surface area is 120 Å². The lowest BCUT2D eigenvalue weighted by Gasteiger charge is -2.27. The van der Waals surface area contributed by atoms with Crippen LogP contribution >= 0.6 is 0 Å². The van der Waals surface area contributed by atoms with Gasteiger partial charge >= 0.3 is 0 Å². The van der Waals surface area contributed by atoms with Gasteiger partial charge in [-0.1, -0.05) is 6.07 Å². The molecular formula is C16H23FO3. The number of hydrogen-bond donors (Lipinski definition) is 0. The molecule has 3 nitrogen and oxygen atoms in total. The van der Waals surface area contributed by atoms with Gasteiger partial charge in [0.1, 0.15) is 0 Å². The summed E-state index contributed by atoms with van der Waals surface area (Å²) in [6.45, 7) is 7.18. The second-order valence-electron chi connectivity index (χ2n) is 5.25. The van der Waals surface area contributed by atoms with E-state index in [1.165, 1.54) is 0 Å². The van der Waals surface area contributed by atoms with Crippen LogP contribution in [0.4, 0.5) is 4.39 Å². The van der Waals surface area contributed by atoms with Gasteiger partial charge in [0, 0.05) is 0 Å². The lowest BCUT2D eigenvalue weighted by molar-refractivity contribution is -0.0851. The average Bonchev–Trinajstić information content (AvgIpc) is 2.45. The summed E-state index contributed by atoms with van der Waals surface area (Å²) in [4.78, 5) is 0. The SMILES string of the molecule is CCOc1ccc(COC2CCC(C)OC2)c(C)c1F. The summed E-state index contributed by atoms with van der Waals surface area (Å²) >= 11 is 0. The number of halogens is 1. The van der Waals surface area contributed by atoms with Gasteiger partial charge in [0.2, 0.25) is 0 Å². The first-order valence-corrected chi connectivity index (χ1v) is 7.25. The molecule has 0 spiro atoms. The van der Waals surface area contributed by atoms with Crippen LogP contribution in [0.2, 0.25) is 0 Å². The Morgan fingerprint density at radius 3 is 2.80 bits per heavy atom. The highest BCUT2D eigenvalue weighted by Gasteiger charge is 2.19. The van der Waals surface area contributed by atoms with Crippen LogP contribution in [0.3, 0.4) is 0 Å². The molecule has 0 bridgehead atoms. The Morgan fingerprint density at radius 1 is 1.35 bits per heavy atom. The third-order valence-electron chi connectivity index (χ3n) is 3.70. The monoisotopic (exact) mass is 282 g/mol. The molecule has 2 rings (SSSR count). The van der Waals surface area contributed by atoms with Crippen LogP contribution in [0.25, 0.3) is 0 Å². The molecule has 0 aromatic heterocycles. The quantitative estimate of drug-likeness (QED) is 0.825. The minimum atomic E-state index is -0.290. The van der Waals surface area contributed by atoms with Crippen LogP contribution in [-0.4, -0.2) is 25.4 Å². The van der Waals surface area contributed by atoms with E-state index in [4.69, 9.17) is 14.2 Å². The largest absolute Gasteiger partial charge is 0.491 e. The maximum absolute atomic E-state index is 14.1. The van der Waals surface area contributed by atoms with Crippen LogP contribution in [0, 0.1) is 12.7 Å². The average molecular weight is 282 g/mol. The van der Waals surface area contributed by atoms with Gasteiger partial charge in [0.15, 0.2) is 11.6 Å². The van der Waals surface area contributed by atoms with E-state index in [2.05, 4.69) is 6.92 Å². The van der Waals surface area contributed by atoms with E-state index in [1.54, 1.807) is 13.0 Å². The van der Waals surface area contributed by atoms with Crippen molar-refractivity contribution in [2.24, 2.45) is 0 Å². The van der Waals surface area contributed by atoms with Crippen molar-refractivity contribution >= 4 is 0 Å². The van der Waals surface area contributed by atoms with Gasteiger partial charge in [0.25, 0.3) is 0 Å². The van der Waals surface area contributed by atoms with Crippen LogP contribution in [0.15, 0.2) is 12.1 Å². The summed E-state index contributed by atoms with van der Waals surface area (Å²) in [6, 6.07) is 3.54. The first-order chi connectivity index (χ1) is 9.61. The van der Waals surface area contributed by atoms with E-state index < -0.39 is 0 Å². The van der Waals surface area contributed by atoms with Crippen molar-refractivity contribution in [2.75, 3.05) is 13.2 Å². The maximum atomic E-state index is 14.1. The molecule has 0 aliphatic carbocycles. The molecule has 1 fully saturated rings. The minimum Gasteiger partial charge on any atom is -0.491 e. The molecule has 1 heterocycles.